The Bertz CT molecular complexity index is 1060. The second kappa shape index (κ2) is 9.29. The van der Waals surface area contributed by atoms with E-state index in [2.05, 4.69) is 24.3 Å². The van der Waals surface area contributed by atoms with Gasteiger partial charge in [0.15, 0.2) is 11.3 Å². The van der Waals surface area contributed by atoms with Gasteiger partial charge in [0, 0.05) is 16.9 Å². The maximum Gasteiger partial charge on any atom is 0.176 e. The number of benzene rings is 3. The Kier molecular flexibility index (Phi) is 6.11. The molecule has 0 aliphatic heterocycles. The van der Waals surface area contributed by atoms with Crippen LogP contribution in [0.4, 0.5) is 0 Å². The smallest absolute Gasteiger partial charge is 0.176 e. The molecule has 0 aliphatic carbocycles. The summed E-state index contributed by atoms with van der Waals surface area (Å²) in [6, 6.07) is 25.9. The normalized spacial score (nSPS) is 11.1. The van der Waals surface area contributed by atoms with Gasteiger partial charge < -0.3 is 23.8 Å². The summed E-state index contributed by atoms with van der Waals surface area (Å²) in [6.07, 6.45) is 1.62. The SMILES string of the molecule is O=C([O-])COc1cccc2c(COCC(c3ccccc3)c3ccccc3)coc12. The number of hydrogen-bond acceptors (Lipinski definition) is 5. The lowest BCUT2D eigenvalue weighted by Gasteiger charge is -2.18. The van der Waals surface area contributed by atoms with Gasteiger partial charge in [-0.15, -0.1) is 0 Å². The van der Waals surface area contributed by atoms with Crippen molar-refractivity contribution in [1.82, 2.24) is 0 Å². The molecule has 0 bridgehead atoms. The van der Waals surface area contributed by atoms with E-state index >= 15 is 0 Å². The third-order valence-electron chi connectivity index (χ3n) is 4.94. The highest BCUT2D eigenvalue weighted by Gasteiger charge is 2.16. The zero-order chi connectivity index (χ0) is 20.8. The molecule has 30 heavy (non-hydrogen) atoms. The van der Waals surface area contributed by atoms with Crippen LogP contribution in [-0.2, 0) is 16.1 Å². The van der Waals surface area contributed by atoms with Crippen LogP contribution in [0.5, 0.6) is 5.75 Å². The van der Waals surface area contributed by atoms with Gasteiger partial charge in [-0.25, -0.2) is 0 Å². The van der Waals surface area contributed by atoms with Gasteiger partial charge in [0.2, 0.25) is 0 Å². The van der Waals surface area contributed by atoms with Gasteiger partial charge in [-0.1, -0.05) is 72.8 Å². The molecule has 0 atom stereocenters. The van der Waals surface area contributed by atoms with Crippen molar-refractivity contribution < 1.29 is 23.8 Å². The predicted octanol–water partition coefficient (Wildman–Crippen LogP) is 3.91. The molecule has 1 heterocycles. The minimum Gasteiger partial charge on any atom is -0.546 e. The molecule has 0 amide bonds. The third kappa shape index (κ3) is 4.53. The molecular formula is C25H21O5-. The average Bonchev–Trinajstić information content (AvgIpc) is 3.20. The Morgan fingerprint density at radius 3 is 2.20 bits per heavy atom. The first-order valence-electron chi connectivity index (χ1n) is 9.71. The van der Waals surface area contributed by atoms with Crippen molar-refractivity contribution >= 4 is 16.9 Å². The third-order valence-corrected chi connectivity index (χ3v) is 4.94. The summed E-state index contributed by atoms with van der Waals surface area (Å²) in [4.78, 5) is 10.7. The molecule has 0 N–H and O–H groups in total. The molecule has 5 nitrogen and oxygen atoms in total. The number of carboxylic acids is 1. The number of carbonyl (C=O) groups is 1. The average molecular weight is 401 g/mol. The van der Waals surface area contributed by atoms with Crippen molar-refractivity contribution in [2.45, 2.75) is 12.5 Å². The molecule has 4 rings (SSSR count). The molecule has 0 fully saturated rings. The molecule has 5 heteroatoms. The minimum absolute atomic E-state index is 0.118. The van der Waals surface area contributed by atoms with E-state index in [0.29, 0.717) is 24.5 Å². The fraction of sp³-hybridized carbons (Fsp3) is 0.160. The Balaban J connectivity index is 1.49. The Morgan fingerprint density at radius 1 is 0.900 bits per heavy atom. The molecule has 1 aromatic heterocycles. The highest BCUT2D eigenvalue weighted by Crippen LogP contribution is 2.31. The van der Waals surface area contributed by atoms with E-state index in [1.807, 2.05) is 42.5 Å². The van der Waals surface area contributed by atoms with E-state index < -0.39 is 12.6 Å². The summed E-state index contributed by atoms with van der Waals surface area (Å²) in [5.41, 5.74) is 3.77. The van der Waals surface area contributed by atoms with E-state index in [1.165, 1.54) is 11.1 Å². The molecule has 0 unspecified atom stereocenters. The zero-order valence-electron chi connectivity index (χ0n) is 16.3. The van der Waals surface area contributed by atoms with E-state index in [9.17, 15) is 9.90 Å². The summed E-state index contributed by atoms with van der Waals surface area (Å²) in [7, 11) is 0. The molecule has 0 radical (unpaired) electrons. The van der Waals surface area contributed by atoms with Crippen LogP contribution in [0, 0.1) is 0 Å². The zero-order valence-corrected chi connectivity index (χ0v) is 16.3. The van der Waals surface area contributed by atoms with Crippen LogP contribution in [0.15, 0.2) is 89.5 Å². The molecule has 3 aromatic carbocycles. The number of furan rings is 1. The van der Waals surface area contributed by atoms with Gasteiger partial charge in [-0.2, -0.15) is 0 Å². The highest BCUT2D eigenvalue weighted by atomic mass is 16.5. The van der Waals surface area contributed by atoms with Gasteiger partial charge in [0.25, 0.3) is 0 Å². The maximum atomic E-state index is 10.7. The summed E-state index contributed by atoms with van der Waals surface area (Å²) in [5, 5.41) is 11.5. The number of fused-ring (bicyclic) bond motifs is 1. The Morgan fingerprint density at radius 2 is 1.57 bits per heavy atom. The monoisotopic (exact) mass is 401 g/mol. The van der Waals surface area contributed by atoms with Crippen LogP contribution in [0.1, 0.15) is 22.6 Å². The van der Waals surface area contributed by atoms with Crippen LogP contribution in [0.2, 0.25) is 0 Å². The number of carboxylic acid groups (broad SMARTS) is 1. The fourth-order valence-electron chi connectivity index (χ4n) is 3.49. The summed E-state index contributed by atoms with van der Waals surface area (Å²) >= 11 is 0. The van der Waals surface area contributed by atoms with Crippen molar-refractivity contribution in [1.29, 1.82) is 0 Å². The van der Waals surface area contributed by atoms with Crippen LogP contribution in [0.3, 0.4) is 0 Å². The Labute approximate surface area is 174 Å². The van der Waals surface area contributed by atoms with Crippen LogP contribution < -0.4 is 9.84 Å². The number of para-hydroxylation sites is 1. The van der Waals surface area contributed by atoms with Gasteiger partial charge in [-0.3, -0.25) is 0 Å². The largest absolute Gasteiger partial charge is 0.546 e. The van der Waals surface area contributed by atoms with Gasteiger partial charge >= 0.3 is 0 Å². The lowest BCUT2D eigenvalue weighted by molar-refractivity contribution is -0.307. The van der Waals surface area contributed by atoms with E-state index in [0.717, 1.165) is 10.9 Å². The van der Waals surface area contributed by atoms with Crippen molar-refractivity contribution in [2.75, 3.05) is 13.2 Å². The molecule has 152 valence electrons. The second-order valence-electron chi connectivity index (χ2n) is 6.94. The number of carbonyl (C=O) groups excluding carboxylic acids is 1. The van der Waals surface area contributed by atoms with Crippen LogP contribution >= 0.6 is 0 Å². The number of aliphatic carboxylic acids is 1. The van der Waals surface area contributed by atoms with E-state index in [1.54, 1.807) is 18.4 Å². The summed E-state index contributed by atoms with van der Waals surface area (Å²) in [6.45, 7) is 0.357. The molecule has 0 saturated carbocycles. The first-order chi connectivity index (χ1) is 14.7. The number of hydrogen-bond donors (Lipinski definition) is 0. The van der Waals surface area contributed by atoms with Crippen LogP contribution in [-0.4, -0.2) is 19.2 Å². The molecule has 4 aromatic rings. The lowest BCUT2D eigenvalue weighted by atomic mass is 9.92. The Hall–Kier alpha value is -3.57. The number of ether oxygens (including phenoxy) is 2. The molecule has 0 spiro atoms. The molecule has 0 aliphatic rings. The topological polar surface area (TPSA) is 71.7 Å². The van der Waals surface area contributed by atoms with Crippen molar-refractivity contribution in [3.8, 4) is 5.75 Å². The number of rotatable bonds is 9. The summed E-state index contributed by atoms with van der Waals surface area (Å²) in [5.74, 6) is -0.795. The van der Waals surface area contributed by atoms with Gasteiger partial charge in [0.1, 0.15) is 6.61 Å². The van der Waals surface area contributed by atoms with E-state index in [-0.39, 0.29) is 5.92 Å². The van der Waals surface area contributed by atoms with Crippen molar-refractivity contribution in [3.05, 3.63) is 102 Å². The minimum atomic E-state index is -1.28. The first kappa shape index (κ1) is 19.7. The van der Waals surface area contributed by atoms with Gasteiger partial charge in [0.05, 0.1) is 25.4 Å². The first-order valence-corrected chi connectivity index (χ1v) is 9.71. The van der Waals surface area contributed by atoms with Crippen LogP contribution in [0.25, 0.3) is 11.0 Å². The second-order valence-corrected chi connectivity index (χ2v) is 6.94. The molecular weight excluding hydrogens is 380 g/mol. The maximum absolute atomic E-state index is 10.7. The lowest BCUT2D eigenvalue weighted by Crippen LogP contribution is -2.28. The van der Waals surface area contributed by atoms with Gasteiger partial charge in [-0.05, 0) is 17.2 Å². The highest BCUT2D eigenvalue weighted by molar-refractivity contribution is 5.86. The van der Waals surface area contributed by atoms with E-state index in [4.69, 9.17) is 13.9 Å². The standard InChI is InChI=1S/C25H22O5/c26-24(27)17-29-23-13-7-12-21-20(15-30-25(21)23)14-28-16-22(18-8-3-1-4-9-18)19-10-5-2-6-11-19/h1-13,15,22H,14,16-17H2,(H,26,27)/p-1. The quantitative estimate of drug-likeness (QED) is 0.425. The summed E-state index contributed by atoms with van der Waals surface area (Å²) < 4.78 is 17.0. The molecule has 0 saturated heterocycles. The predicted molar refractivity (Wildman–Crippen MR) is 111 cm³/mol. The fourth-order valence-corrected chi connectivity index (χ4v) is 3.49. The van der Waals surface area contributed by atoms with Crippen molar-refractivity contribution in [3.63, 3.8) is 0 Å². The van der Waals surface area contributed by atoms with Crippen molar-refractivity contribution in [2.24, 2.45) is 0 Å².